The maximum Gasteiger partial charge on any atom is 0.339 e. The van der Waals surface area contributed by atoms with Gasteiger partial charge in [0.05, 0.1) is 0 Å². The third-order valence-corrected chi connectivity index (χ3v) is 4.53. The summed E-state index contributed by atoms with van der Waals surface area (Å²) in [5.74, 6) is -1.74. The Balaban J connectivity index is 2.24. The Kier molecular flexibility index (Phi) is 5.69. The van der Waals surface area contributed by atoms with Gasteiger partial charge in [-0.3, -0.25) is 4.79 Å². The molecule has 7 heteroatoms. The summed E-state index contributed by atoms with van der Waals surface area (Å²) < 4.78 is 5.33. The van der Waals surface area contributed by atoms with Gasteiger partial charge in [0.15, 0.2) is 0 Å². The van der Waals surface area contributed by atoms with Crippen LogP contribution >= 0.6 is 0 Å². The van der Waals surface area contributed by atoms with Crippen LogP contribution in [0.2, 0.25) is 0 Å². The fourth-order valence-electron chi connectivity index (χ4n) is 2.87. The molecule has 2 aromatic rings. The molecule has 0 aliphatic carbocycles. The smallest absolute Gasteiger partial charge is 0.339 e. The summed E-state index contributed by atoms with van der Waals surface area (Å²) in [5.41, 5.74) is 1.30. The summed E-state index contributed by atoms with van der Waals surface area (Å²) in [6, 6.07) is 2.22. The molecule has 0 aliphatic rings. The largest absolute Gasteiger partial charge is 0.508 e. The van der Waals surface area contributed by atoms with Crippen molar-refractivity contribution in [2.75, 3.05) is 0 Å². The highest BCUT2D eigenvalue weighted by Gasteiger charge is 2.23. The van der Waals surface area contributed by atoms with Crippen molar-refractivity contribution < 1.29 is 24.2 Å². The van der Waals surface area contributed by atoms with Crippen LogP contribution in [-0.4, -0.2) is 28.1 Å². The molecule has 3 N–H and O–H groups in total. The predicted octanol–water partition coefficient (Wildman–Crippen LogP) is 2.27. The van der Waals surface area contributed by atoms with E-state index in [1.165, 1.54) is 6.07 Å². The number of hydrogen-bond acceptors (Lipinski definition) is 5. The lowest BCUT2D eigenvalue weighted by Crippen LogP contribution is -2.44. The molecule has 2 rings (SSSR count). The number of phenolic OH excluding ortho intramolecular Hbond substituents is 1. The molecule has 1 aromatic carbocycles. The Morgan fingerprint density at radius 2 is 1.85 bits per heavy atom. The number of benzene rings is 1. The van der Waals surface area contributed by atoms with Crippen molar-refractivity contribution in [3.63, 3.8) is 0 Å². The molecule has 7 nitrogen and oxygen atoms in total. The third kappa shape index (κ3) is 3.87. The number of aryl methyl sites for hydroxylation is 2. The second-order valence-electron chi connectivity index (χ2n) is 6.71. The number of fused-ring (bicyclic) bond motifs is 1. The van der Waals surface area contributed by atoms with E-state index < -0.39 is 23.5 Å². The number of carboxylic acids is 1. The molecule has 26 heavy (non-hydrogen) atoms. The molecule has 0 saturated heterocycles. The van der Waals surface area contributed by atoms with Crippen LogP contribution in [0.15, 0.2) is 21.3 Å². The van der Waals surface area contributed by atoms with Crippen LogP contribution in [-0.2, 0) is 16.0 Å². The lowest BCUT2D eigenvalue weighted by atomic mass is 10.00. The van der Waals surface area contributed by atoms with Gasteiger partial charge in [-0.2, -0.15) is 0 Å². The first-order valence-corrected chi connectivity index (χ1v) is 8.40. The molecule has 140 valence electrons. The molecule has 1 heterocycles. The molecule has 0 saturated carbocycles. The van der Waals surface area contributed by atoms with Crippen LogP contribution < -0.4 is 10.9 Å². The fourth-order valence-corrected chi connectivity index (χ4v) is 2.87. The third-order valence-electron chi connectivity index (χ3n) is 4.53. The zero-order chi connectivity index (χ0) is 19.6. The van der Waals surface area contributed by atoms with E-state index in [0.29, 0.717) is 27.7 Å². The zero-order valence-electron chi connectivity index (χ0n) is 15.3. The van der Waals surface area contributed by atoms with Gasteiger partial charge in [-0.15, -0.1) is 0 Å². The van der Waals surface area contributed by atoms with Crippen molar-refractivity contribution in [2.45, 2.75) is 46.6 Å². The molecule has 0 bridgehead atoms. The van der Waals surface area contributed by atoms with E-state index in [1.54, 1.807) is 33.8 Å². The Labute approximate surface area is 150 Å². The molecular weight excluding hydrogens is 338 g/mol. The number of aromatic hydroxyl groups is 1. The highest BCUT2D eigenvalue weighted by atomic mass is 16.4. The van der Waals surface area contributed by atoms with Gasteiger partial charge < -0.3 is 19.9 Å². The Morgan fingerprint density at radius 1 is 1.19 bits per heavy atom. The highest BCUT2D eigenvalue weighted by Crippen LogP contribution is 2.28. The Morgan fingerprint density at radius 3 is 2.42 bits per heavy atom. The molecule has 0 unspecified atom stereocenters. The van der Waals surface area contributed by atoms with Crippen molar-refractivity contribution >= 4 is 22.8 Å². The summed E-state index contributed by atoms with van der Waals surface area (Å²) in [7, 11) is 0. The zero-order valence-corrected chi connectivity index (χ0v) is 15.3. The van der Waals surface area contributed by atoms with E-state index in [1.807, 2.05) is 0 Å². The molecule has 1 atom stereocenters. The first-order valence-electron chi connectivity index (χ1n) is 8.40. The predicted molar refractivity (Wildman–Crippen MR) is 96.3 cm³/mol. The van der Waals surface area contributed by atoms with Crippen LogP contribution in [0.1, 0.15) is 37.0 Å². The van der Waals surface area contributed by atoms with Crippen LogP contribution in [0.3, 0.4) is 0 Å². The number of rotatable bonds is 6. The minimum atomic E-state index is -1.09. The topological polar surface area (TPSA) is 117 Å². The lowest BCUT2D eigenvalue weighted by Gasteiger charge is -2.18. The highest BCUT2D eigenvalue weighted by molar-refractivity contribution is 5.86. The van der Waals surface area contributed by atoms with Gasteiger partial charge in [-0.25, -0.2) is 9.59 Å². The average Bonchev–Trinajstić information content (AvgIpc) is 2.55. The second-order valence-corrected chi connectivity index (χ2v) is 6.71. The van der Waals surface area contributed by atoms with E-state index in [9.17, 15) is 19.5 Å². The number of phenols is 1. The fraction of sp³-hybridized carbons (Fsp3) is 0.421. The van der Waals surface area contributed by atoms with Crippen LogP contribution in [0, 0.1) is 19.8 Å². The van der Waals surface area contributed by atoms with E-state index in [0.717, 1.165) is 0 Å². The maximum atomic E-state index is 12.3. The van der Waals surface area contributed by atoms with Gasteiger partial charge in [-0.1, -0.05) is 13.8 Å². The summed E-state index contributed by atoms with van der Waals surface area (Å²) in [6.45, 7) is 6.83. The van der Waals surface area contributed by atoms with Gasteiger partial charge in [0.2, 0.25) is 5.91 Å². The number of carbonyl (C=O) groups is 2. The second kappa shape index (κ2) is 7.59. The van der Waals surface area contributed by atoms with Crippen molar-refractivity contribution in [3.05, 3.63) is 39.2 Å². The standard InChI is InChI=1S/C19H23NO6/c1-9(2)16(18(23)24)20-15(22)8-6-13-10(3)12-5-7-14(21)11(4)17(12)26-19(13)25/h5,7,9,16,21H,6,8H2,1-4H3,(H,20,22)(H,23,24)/t16-/m1/s1. The average molecular weight is 361 g/mol. The van der Waals surface area contributed by atoms with E-state index in [-0.39, 0.29) is 24.5 Å². The summed E-state index contributed by atoms with van der Waals surface area (Å²) in [6.07, 6.45) is 0.116. The minimum Gasteiger partial charge on any atom is -0.508 e. The van der Waals surface area contributed by atoms with Gasteiger partial charge in [0.25, 0.3) is 0 Å². The van der Waals surface area contributed by atoms with Crippen molar-refractivity contribution in [3.8, 4) is 5.75 Å². The van der Waals surface area contributed by atoms with Gasteiger partial charge in [0.1, 0.15) is 17.4 Å². The first-order chi connectivity index (χ1) is 12.1. The first kappa shape index (κ1) is 19.5. The minimum absolute atomic E-state index is 0.0231. The van der Waals surface area contributed by atoms with Gasteiger partial charge >= 0.3 is 11.6 Å². The Bertz CT molecular complexity index is 912. The van der Waals surface area contributed by atoms with Crippen LogP contribution in [0.5, 0.6) is 5.75 Å². The van der Waals surface area contributed by atoms with E-state index >= 15 is 0 Å². The number of carboxylic acid groups (broad SMARTS) is 1. The molecule has 1 amide bonds. The Hall–Kier alpha value is -2.83. The molecule has 0 spiro atoms. The monoisotopic (exact) mass is 361 g/mol. The van der Waals surface area contributed by atoms with Crippen molar-refractivity contribution in [1.29, 1.82) is 0 Å². The molecule has 0 radical (unpaired) electrons. The molecule has 0 aliphatic heterocycles. The lowest BCUT2D eigenvalue weighted by molar-refractivity contribution is -0.143. The van der Waals surface area contributed by atoms with E-state index in [2.05, 4.69) is 5.32 Å². The van der Waals surface area contributed by atoms with Crippen molar-refractivity contribution in [1.82, 2.24) is 5.32 Å². The van der Waals surface area contributed by atoms with Gasteiger partial charge in [-0.05, 0) is 43.9 Å². The maximum absolute atomic E-state index is 12.3. The van der Waals surface area contributed by atoms with Crippen LogP contribution in [0.4, 0.5) is 0 Å². The summed E-state index contributed by atoms with van der Waals surface area (Å²) in [4.78, 5) is 35.5. The SMILES string of the molecule is Cc1c(CCC(=O)N[C@@H](C(=O)O)C(C)C)c(=O)oc2c(C)c(O)ccc12. The molecule has 1 aromatic heterocycles. The normalized spacial score (nSPS) is 12.3. The number of hydrogen-bond donors (Lipinski definition) is 3. The van der Waals surface area contributed by atoms with E-state index in [4.69, 9.17) is 9.52 Å². The molecular formula is C19H23NO6. The van der Waals surface area contributed by atoms with Crippen molar-refractivity contribution in [2.24, 2.45) is 5.92 Å². The number of amides is 1. The van der Waals surface area contributed by atoms with Gasteiger partial charge in [0, 0.05) is 22.9 Å². The molecule has 0 fully saturated rings. The number of carbonyl (C=O) groups excluding carboxylic acids is 1. The summed E-state index contributed by atoms with van der Waals surface area (Å²) in [5, 5.41) is 22.1. The summed E-state index contributed by atoms with van der Waals surface area (Å²) >= 11 is 0. The number of aliphatic carboxylic acids is 1. The quantitative estimate of drug-likeness (QED) is 0.680. The number of nitrogens with one attached hydrogen (secondary N) is 1. The van der Waals surface area contributed by atoms with Crippen LogP contribution in [0.25, 0.3) is 11.0 Å².